The van der Waals surface area contributed by atoms with E-state index in [1.807, 2.05) is 12.1 Å². The van der Waals surface area contributed by atoms with E-state index in [0.717, 1.165) is 31.9 Å². The third-order valence-corrected chi connectivity index (χ3v) is 4.99. The maximum atomic E-state index is 12.6. The van der Waals surface area contributed by atoms with Gasteiger partial charge in [-0.05, 0) is 50.2 Å². The van der Waals surface area contributed by atoms with Crippen LogP contribution in [0.5, 0.6) is 5.75 Å². The summed E-state index contributed by atoms with van der Waals surface area (Å²) in [6, 6.07) is 10.9. The number of Topliss-reactive ketones (excluding diaryl/α,β-unsaturated/α-hetero) is 1. The highest BCUT2D eigenvalue weighted by atomic mass is 16.6. The molecule has 7 nitrogen and oxygen atoms in total. The molecule has 0 bridgehead atoms. The number of benzene rings is 1. The van der Waals surface area contributed by atoms with Gasteiger partial charge in [-0.15, -0.1) is 0 Å². The van der Waals surface area contributed by atoms with Crippen molar-refractivity contribution in [3.8, 4) is 5.75 Å². The summed E-state index contributed by atoms with van der Waals surface area (Å²) in [6.45, 7) is 7.11. The number of methoxy groups -OCH3 is 1. The number of carbonyl (C=O) groups is 2. The fourth-order valence-corrected chi connectivity index (χ4v) is 3.30. The lowest BCUT2D eigenvalue weighted by Crippen LogP contribution is -2.48. The molecule has 0 aliphatic carbocycles. The maximum Gasteiger partial charge on any atom is 0.349 e. The van der Waals surface area contributed by atoms with Crippen LogP contribution in [0.25, 0.3) is 0 Å². The zero-order valence-electron chi connectivity index (χ0n) is 17.1. The van der Waals surface area contributed by atoms with Crippen LogP contribution >= 0.6 is 0 Å². The van der Waals surface area contributed by atoms with Gasteiger partial charge in [0.05, 0.1) is 13.7 Å². The van der Waals surface area contributed by atoms with Gasteiger partial charge in [0, 0.05) is 49.8 Å². The lowest BCUT2D eigenvalue weighted by molar-refractivity contribution is -0.156. The molecule has 1 fully saturated rings. The first-order valence-corrected chi connectivity index (χ1v) is 9.67. The standard InChI is InChI=1S/C22H27N3O4/c1-22(2,21(27)28-3)29-19-6-4-17(5-7-19)20(26)16-24-12-14-25(15-13-24)18-8-10-23-11-9-18/h4-11H,12-16H2,1-3H3. The monoisotopic (exact) mass is 397 g/mol. The van der Waals surface area contributed by atoms with Crippen LogP contribution in [0.4, 0.5) is 5.69 Å². The van der Waals surface area contributed by atoms with E-state index >= 15 is 0 Å². The molecule has 0 N–H and O–H groups in total. The molecule has 0 amide bonds. The highest BCUT2D eigenvalue weighted by Gasteiger charge is 2.31. The van der Waals surface area contributed by atoms with E-state index in [-0.39, 0.29) is 5.78 Å². The second-order valence-electron chi connectivity index (χ2n) is 7.52. The minimum absolute atomic E-state index is 0.0705. The fraction of sp³-hybridized carbons (Fsp3) is 0.409. The Balaban J connectivity index is 1.52. The highest BCUT2D eigenvalue weighted by Crippen LogP contribution is 2.21. The van der Waals surface area contributed by atoms with Crippen molar-refractivity contribution in [2.75, 3.05) is 44.7 Å². The van der Waals surface area contributed by atoms with Gasteiger partial charge in [0.15, 0.2) is 11.4 Å². The van der Waals surface area contributed by atoms with E-state index in [0.29, 0.717) is 17.9 Å². The van der Waals surface area contributed by atoms with Gasteiger partial charge in [0.1, 0.15) is 5.75 Å². The summed E-state index contributed by atoms with van der Waals surface area (Å²) in [6.07, 6.45) is 3.59. The predicted octanol–water partition coefficient (Wildman–Crippen LogP) is 2.42. The van der Waals surface area contributed by atoms with Gasteiger partial charge in [-0.2, -0.15) is 0 Å². The third-order valence-electron chi connectivity index (χ3n) is 4.99. The van der Waals surface area contributed by atoms with Gasteiger partial charge in [-0.1, -0.05) is 0 Å². The molecule has 1 aliphatic heterocycles. The largest absolute Gasteiger partial charge is 0.476 e. The van der Waals surface area contributed by atoms with Crippen molar-refractivity contribution < 1.29 is 19.1 Å². The van der Waals surface area contributed by atoms with Crippen molar-refractivity contribution in [2.24, 2.45) is 0 Å². The Labute approximate surface area is 171 Å². The van der Waals surface area contributed by atoms with Gasteiger partial charge < -0.3 is 14.4 Å². The Hall–Kier alpha value is -2.93. The van der Waals surface area contributed by atoms with Crippen LogP contribution in [-0.2, 0) is 9.53 Å². The van der Waals surface area contributed by atoms with Gasteiger partial charge >= 0.3 is 5.97 Å². The molecule has 1 aliphatic rings. The number of nitrogens with zero attached hydrogens (tertiary/aromatic N) is 3. The molecule has 1 aromatic heterocycles. The number of carbonyl (C=O) groups excluding carboxylic acids is 2. The number of piperazine rings is 1. The minimum Gasteiger partial charge on any atom is -0.476 e. The van der Waals surface area contributed by atoms with Crippen molar-refractivity contribution in [2.45, 2.75) is 19.4 Å². The molecule has 0 saturated carbocycles. The number of aromatic nitrogens is 1. The first-order chi connectivity index (χ1) is 13.9. The van der Waals surface area contributed by atoms with Crippen LogP contribution in [0.15, 0.2) is 48.8 Å². The molecular weight excluding hydrogens is 370 g/mol. The zero-order valence-corrected chi connectivity index (χ0v) is 17.1. The van der Waals surface area contributed by atoms with Crippen molar-refractivity contribution in [1.29, 1.82) is 0 Å². The molecule has 29 heavy (non-hydrogen) atoms. The maximum absolute atomic E-state index is 12.6. The minimum atomic E-state index is -1.09. The highest BCUT2D eigenvalue weighted by molar-refractivity contribution is 5.97. The fourth-order valence-electron chi connectivity index (χ4n) is 3.30. The number of esters is 1. The number of ketones is 1. The quantitative estimate of drug-likeness (QED) is 0.525. The first kappa shape index (κ1) is 20.8. The molecule has 154 valence electrons. The van der Waals surface area contributed by atoms with E-state index in [4.69, 9.17) is 9.47 Å². The summed E-state index contributed by atoms with van der Waals surface area (Å²) in [5.41, 5.74) is 0.704. The topological polar surface area (TPSA) is 72.0 Å². The molecule has 0 radical (unpaired) electrons. The van der Waals surface area contributed by atoms with Crippen molar-refractivity contribution >= 4 is 17.4 Å². The Bertz CT molecular complexity index is 829. The Morgan fingerprint density at radius 2 is 1.62 bits per heavy atom. The van der Waals surface area contributed by atoms with Gasteiger partial charge in [-0.3, -0.25) is 14.7 Å². The molecule has 1 saturated heterocycles. The molecule has 2 aromatic rings. The average Bonchev–Trinajstić information content (AvgIpc) is 2.74. The Morgan fingerprint density at radius 3 is 2.21 bits per heavy atom. The van der Waals surface area contributed by atoms with Crippen molar-refractivity contribution in [1.82, 2.24) is 9.88 Å². The summed E-state index contributed by atoms with van der Waals surface area (Å²) in [5, 5.41) is 0. The van der Waals surface area contributed by atoms with E-state index < -0.39 is 11.6 Å². The predicted molar refractivity (Wildman–Crippen MR) is 110 cm³/mol. The lowest BCUT2D eigenvalue weighted by Gasteiger charge is -2.35. The van der Waals surface area contributed by atoms with Crippen LogP contribution < -0.4 is 9.64 Å². The van der Waals surface area contributed by atoms with E-state index in [1.54, 1.807) is 50.5 Å². The summed E-state index contributed by atoms with van der Waals surface area (Å²) in [5.74, 6) is 0.132. The summed E-state index contributed by atoms with van der Waals surface area (Å²) in [4.78, 5) is 32.9. The molecule has 1 aromatic carbocycles. The summed E-state index contributed by atoms with van der Waals surface area (Å²) >= 11 is 0. The number of ether oxygens (including phenoxy) is 2. The third kappa shape index (κ3) is 5.32. The number of hydrogen-bond acceptors (Lipinski definition) is 7. The summed E-state index contributed by atoms with van der Waals surface area (Å²) < 4.78 is 10.4. The average molecular weight is 397 g/mol. The molecule has 0 atom stereocenters. The molecule has 0 unspecified atom stereocenters. The second-order valence-corrected chi connectivity index (χ2v) is 7.52. The Morgan fingerprint density at radius 1 is 1.00 bits per heavy atom. The SMILES string of the molecule is COC(=O)C(C)(C)Oc1ccc(C(=O)CN2CCN(c3ccncc3)CC2)cc1. The summed E-state index contributed by atoms with van der Waals surface area (Å²) in [7, 11) is 1.33. The normalized spacial score (nSPS) is 15.1. The number of hydrogen-bond donors (Lipinski definition) is 0. The van der Waals surface area contributed by atoms with Crippen LogP contribution in [0, 0.1) is 0 Å². The first-order valence-electron chi connectivity index (χ1n) is 9.67. The van der Waals surface area contributed by atoms with Gasteiger partial charge in [0.2, 0.25) is 0 Å². The molecule has 2 heterocycles. The van der Waals surface area contributed by atoms with E-state index in [1.165, 1.54) is 7.11 Å². The van der Waals surface area contributed by atoms with E-state index in [9.17, 15) is 9.59 Å². The molecule has 3 rings (SSSR count). The van der Waals surface area contributed by atoms with Gasteiger partial charge in [0.25, 0.3) is 0 Å². The molecular formula is C22H27N3O4. The molecule has 7 heteroatoms. The van der Waals surface area contributed by atoms with Gasteiger partial charge in [-0.25, -0.2) is 4.79 Å². The zero-order chi connectivity index (χ0) is 20.9. The van der Waals surface area contributed by atoms with Crippen LogP contribution in [0.3, 0.4) is 0 Å². The van der Waals surface area contributed by atoms with E-state index in [2.05, 4.69) is 14.8 Å². The second kappa shape index (κ2) is 9.05. The lowest BCUT2D eigenvalue weighted by atomic mass is 10.1. The number of pyridine rings is 1. The van der Waals surface area contributed by atoms with Crippen molar-refractivity contribution in [3.63, 3.8) is 0 Å². The smallest absolute Gasteiger partial charge is 0.349 e. The van der Waals surface area contributed by atoms with Crippen LogP contribution in [-0.4, -0.2) is 67.1 Å². The van der Waals surface area contributed by atoms with Crippen molar-refractivity contribution in [3.05, 3.63) is 54.4 Å². The number of rotatable bonds is 7. The van der Waals surface area contributed by atoms with Crippen LogP contribution in [0.2, 0.25) is 0 Å². The molecule has 0 spiro atoms. The number of anilines is 1. The Kier molecular flexibility index (Phi) is 6.49. The van der Waals surface area contributed by atoms with Crippen LogP contribution in [0.1, 0.15) is 24.2 Å².